The van der Waals surface area contributed by atoms with Crippen LogP contribution in [0.25, 0.3) is 0 Å². The number of hydrogen-bond acceptors (Lipinski definition) is 3. The van der Waals surface area contributed by atoms with Crippen molar-refractivity contribution in [1.29, 1.82) is 0 Å². The fourth-order valence-corrected chi connectivity index (χ4v) is 3.08. The maximum absolute atomic E-state index is 5.22. The molecule has 1 aliphatic rings. The molecule has 0 spiro atoms. The van der Waals surface area contributed by atoms with Crippen LogP contribution in [0.3, 0.4) is 0 Å². The van der Waals surface area contributed by atoms with Crippen molar-refractivity contribution >= 4 is 0 Å². The van der Waals surface area contributed by atoms with Crippen LogP contribution in [0.5, 0.6) is 5.75 Å². The van der Waals surface area contributed by atoms with Crippen molar-refractivity contribution in [3.8, 4) is 5.75 Å². The summed E-state index contributed by atoms with van der Waals surface area (Å²) in [4.78, 5) is 2.59. The van der Waals surface area contributed by atoms with E-state index in [1.165, 1.54) is 11.1 Å². The fourth-order valence-electron chi connectivity index (χ4n) is 3.08. The monoisotopic (exact) mass is 296 g/mol. The lowest BCUT2D eigenvalue weighted by molar-refractivity contribution is 0.164. The van der Waals surface area contributed by atoms with E-state index in [0.29, 0.717) is 6.04 Å². The van der Waals surface area contributed by atoms with Crippen molar-refractivity contribution in [3.63, 3.8) is 0 Å². The average Bonchev–Trinajstić information content (AvgIpc) is 2.61. The zero-order valence-electron chi connectivity index (χ0n) is 13.2. The fraction of sp³-hybridized carbons (Fsp3) is 0.368. The smallest absolute Gasteiger partial charge is 0.118 e. The molecular weight excluding hydrogens is 272 g/mol. The summed E-state index contributed by atoms with van der Waals surface area (Å²) < 4.78 is 5.22. The van der Waals surface area contributed by atoms with Gasteiger partial charge in [-0.2, -0.15) is 0 Å². The number of piperazine rings is 1. The second-order valence-corrected chi connectivity index (χ2v) is 5.76. The van der Waals surface area contributed by atoms with Crippen LogP contribution in [0.15, 0.2) is 54.6 Å². The number of rotatable bonds is 5. The van der Waals surface area contributed by atoms with Crippen LogP contribution in [0.4, 0.5) is 0 Å². The number of ether oxygens (including phenoxy) is 1. The predicted octanol–water partition coefficient (Wildman–Crippen LogP) is 2.88. The van der Waals surface area contributed by atoms with Crippen LogP contribution in [0.1, 0.15) is 17.2 Å². The van der Waals surface area contributed by atoms with Gasteiger partial charge in [-0.1, -0.05) is 42.5 Å². The lowest BCUT2D eigenvalue weighted by Gasteiger charge is -2.36. The summed E-state index contributed by atoms with van der Waals surface area (Å²) in [7, 11) is 1.71. The Morgan fingerprint density at radius 2 is 1.86 bits per heavy atom. The molecule has 0 aliphatic carbocycles. The van der Waals surface area contributed by atoms with Gasteiger partial charge in [0, 0.05) is 32.2 Å². The largest absolute Gasteiger partial charge is 0.497 e. The summed E-state index contributed by atoms with van der Waals surface area (Å²) in [5, 5.41) is 3.52. The number of nitrogens with one attached hydrogen (secondary N) is 1. The van der Waals surface area contributed by atoms with Gasteiger partial charge >= 0.3 is 0 Å². The summed E-state index contributed by atoms with van der Waals surface area (Å²) in [5.74, 6) is 0.924. The minimum Gasteiger partial charge on any atom is -0.497 e. The molecule has 3 nitrogen and oxygen atoms in total. The van der Waals surface area contributed by atoms with E-state index in [1.807, 2.05) is 12.1 Å². The number of benzene rings is 2. The first-order valence-corrected chi connectivity index (χ1v) is 7.99. The molecule has 1 aliphatic heterocycles. The van der Waals surface area contributed by atoms with Gasteiger partial charge in [0.2, 0.25) is 0 Å². The summed E-state index contributed by atoms with van der Waals surface area (Å²) in [6.07, 6.45) is 1.08. The van der Waals surface area contributed by atoms with Crippen molar-refractivity contribution in [2.45, 2.75) is 12.5 Å². The first-order chi connectivity index (χ1) is 10.9. The van der Waals surface area contributed by atoms with Crippen molar-refractivity contribution < 1.29 is 4.74 Å². The summed E-state index contributed by atoms with van der Waals surface area (Å²) in [5.41, 5.74) is 2.77. The number of hydrogen-bond donors (Lipinski definition) is 1. The Morgan fingerprint density at radius 3 is 2.59 bits per heavy atom. The second kappa shape index (κ2) is 7.43. The Labute approximate surface area is 132 Å². The molecular formula is C19H24N2O. The quantitative estimate of drug-likeness (QED) is 0.918. The lowest BCUT2D eigenvalue weighted by atomic mass is 10.0. The Kier molecular flexibility index (Phi) is 5.09. The van der Waals surface area contributed by atoms with Crippen LogP contribution in [0, 0.1) is 0 Å². The highest BCUT2D eigenvalue weighted by atomic mass is 16.5. The molecule has 2 aromatic carbocycles. The molecule has 3 heteroatoms. The second-order valence-electron chi connectivity index (χ2n) is 5.76. The van der Waals surface area contributed by atoms with E-state index < -0.39 is 0 Å². The van der Waals surface area contributed by atoms with E-state index in [-0.39, 0.29) is 0 Å². The highest BCUT2D eigenvalue weighted by Crippen LogP contribution is 2.22. The molecule has 1 heterocycles. The molecule has 1 N–H and O–H groups in total. The van der Waals surface area contributed by atoms with Crippen LogP contribution >= 0.6 is 0 Å². The molecule has 1 saturated heterocycles. The highest BCUT2D eigenvalue weighted by Gasteiger charge is 2.22. The number of nitrogens with zero attached hydrogens (tertiary/aromatic N) is 1. The maximum Gasteiger partial charge on any atom is 0.118 e. The molecule has 0 bridgehead atoms. The number of methoxy groups -OCH3 is 1. The van der Waals surface area contributed by atoms with Gasteiger partial charge in [0.25, 0.3) is 0 Å². The molecule has 1 unspecified atom stereocenters. The van der Waals surface area contributed by atoms with E-state index >= 15 is 0 Å². The van der Waals surface area contributed by atoms with Gasteiger partial charge in [0.1, 0.15) is 5.75 Å². The minimum atomic E-state index is 0.480. The van der Waals surface area contributed by atoms with Crippen LogP contribution in [-0.2, 0) is 6.42 Å². The third kappa shape index (κ3) is 3.67. The summed E-state index contributed by atoms with van der Waals surface area (Å²) in [6.45, 7) is 4.31. The Bertz CT molecular complexity index is 568. The Morgan fingerprint density at radius 1 is 1.09 bits per heavy atom. The van der Waals surface area contributed by atoms with Gasteiger partial charge in [-0.15, -0.1) is 0 Å². The molecule has 2 aromatic rings. The minimum absolute atomic E-state index is 0.480. The average molecular weight is 296 g/mol. The molecule has 0 radical (unpaired) electrons. The standard InChI is InChI=1S/C19H24N2O/c1-22-18-9-7-16(8-10-18)11-13-21-14-12-20-15-19(21)17-5-3-2-4-6-17/h2-10,19-20H,11-15H2,1H3. The van der Waals surface area contributed by atoms with E-state index in [4.69, 9.17) is 4.74 Å². The molecule has 1 atom stereocenters. The Balaban J connectivity index is 1.64. The highest BCUT2D eigenvalue weighted by molar-refractivity contribution is 5.27. The zero-order valence-corrected chi connectivity index (χ0v) is 13.2. The first kappa shape index (κ1) is 15.1. The van der Waals surface area contributed by atoms with Gasteiger partial charge in [0.15, 0.2) is 0 Å². The van der Waals surface area contributed by atoms with Gasteiger partial charge < -0.3 is 10.1 Å². The van der Waals surface area contributed by atoms with E-state index in [2.05, 4.69) is 52.7 Å². The van der Waals surface area contributed by atoms with E-state index in [1.54, 1.807) is 7.11 Å². The zero-order chi connectivity index (χ0) is 15.2. The summed E-state index contributed by atoms with van der Waals surface area (Å²) in [6, 6.07) is 19.7. The third-order valence-electron chi connectivity index (χ3n) is 4.39. The van der Waals surface area contributed by atoms with Crippen LogP contribution in [-0.4, -0.2) is 38.2 Å². The summed E-state index contributed by atoms with van der Waals surface area (Å²) >= 11 is 0. The van der Waals surface area contributed by atoms with E-state index in [0.717, 1.165) is 38.3 Å². The van der Waals surface area contributed by atoms with Gasteiger partial charge in [-0.25, -0.2) is 0 Å². The SMILES string of the molecule is COc1ccc(CCN2CCNCC2c2ccccc2)cc1. The van der Waals surface area contributed by atoms with Crippen molar-refractivity contribution in [3.05, 3.63) is 65.7 Å². The van der Waals surface area contributed by atoms with Gasteiger partial charge in [-0.3, -0.25) is 4.90 Å². The topological polar surface area (TPSA) is 24.5 Å². The molecule has 3 rings (SSSR count). The van der Waals surface area contributed by atoms with Crippen molar-refractivity contribution in [2.75, 3.05) is 33.3 Å². The van der Waals surface area contributed by atoms with Crippen LogP contribution < -0.4 is 10.1 Å². The Hall–Kier alpha value is -1.84. The molecule has 0 amide bonds. The van der Waals surface area contributed by atoms with Gasteiger partial charge in [0.05, 0.1) is 7.11 Å². The molecule has 0 saturated carbocycles. The molecule has 116 valence electrons. The predicted molar refractivity (Wildman–Crippen MR) is 90.3 cm³/mol. The van der Waals surface area contributed by atoms with Gasteiger partial charge in [-0.05, 0) is 29.7 Å². The molecule has 22 heavy (non-hydrogen) atoms. The third-order valence-corrected chi connectivity index (χ3v) is 4.39. The normalized spacial score (nSPS) is 19.0. The van der Waals surface area contributed by atoms with Crippen LogP contribution in [0.2, 0.25) is 0 Å². The first-order valence-electron chi connectivity index (χ1n) is 7.99. The van der Waals surface area contributed by atoms with E-state index in [9.17, 15) is 0 Å². The maximum atomic E-state index is 5.22. The lowest BCUT2D eigenvalue weighted by Crippen LogP contribution is -2.46. The molecule has 0 aromatic heterocycles. The van der Waals surface area contributed by atoms with Crippen molar-refractivity contribution in [2.24, 2.45) is 0 Å². The molecule has 1 fully saturated rings. The van der Waals surface area contributed by atoms with Crippen molar-refractivity contribution in [1.82, 2.24) is 10.2 Å².